The fourth-order valence-electron chi connectivity index (χ4n) is 5.60. The molecule has 0 aromatic heterocycles. The van der Waals surface area contributed by atoms with Crippen molar-refractivity contribution in [3.05, 3.63) is 11.6 Å². The van der Waals surface area contributed by atoms with Gasteiger partial charge in [0.2, 0.25) is 0 Å². The summed E-state index contributed by atoms with van der Waals surface area (Å²) >= 11 is 0. The third-order valence-corrected chi connectivity index (χ3v) is 5.69. The third-order valence-electron chi connectivity index (χ3n) is 5.69. The highest BCUT2D eigenvalue weighted by atomic mass is 14.6. The minimum Gasteiger partial charge on any atom is -0.0850 e. The summed E-state index contributed by atoms with van der Waals surface area (Å²) in [5, 5.41) is 0. The molecule has 4 saturated carbocycles. The van der Waals surface area contributed by atoms with Crippen molar-refractivity contribution in [2.75, 3.05) is 0 Å². The molecule has 0 saturated heterocycles. The van der Waals surface area contributed by atoms with Gasteiger partial charge in [0.15, 0.2) is 0 Å². The number of hydrogen-bond donors (Lipinski definition) is 0. The molecule has 0 heterocycles. The Bertz CT molecular complexity index is 275. The average molecular weight is 232 g/mol. The fraction of sp³-hybridized carbons (Fsp3) is 0.882. The predicted octanol–water partition coefficient (Wildman–Crippen LogP) is 5.34. The van der Waals surface area contributed by atoms with E-state index in [1.54, 1.807) is 38.5 Å². The van der Waals surface area contributed by atoms with Gasteiger partial charge in [0, 0.05) is 0 Å². The minimum atomic E-state index is 0.681. The zero-order valence-electron chi connectivity index (χ0n) is 11.7. The molecule has 17 heavy (non-hydrogen) atoms. The van der Waals surface area contributed by atoms with Gasteiger partial charge in [0.25, 0.3) is 0 Å². The third kappa shape index (κ3) is 1.98. The summed E-state index contributed by atoms with van der Waals surface area (Å²) in [6, 6.07) is 0. The second-order valence-electron chi connectivity index (χ2n) is 7.09. The van der Waals surface area contributed by atoms with Gasteiger partial charge in [-0.2, -0.15) is 0 Å². The van der Waals surface area contributed by atoms with Crippen molar-refractivity contribution in [1.29, 1.82) is 0 Å². The Morgan fingerprint density at radius 2 is 1.53 bits per heavy atom. The summed E-state index contributed by atoms with van der Waals surface area (Å²) in [5.41, 5.74) is 2.54. The van der Waals surface area contributed by atoms with Crippen molar-refractivity contribution < 1.29 is 0 Å². The normalized spacial score (nSPS) is 44.4. The first-order chi connectivity index (χ1) is 8.25. The predicted molar refractivity (Wildman–Crippen MR) is 73.9 cm³/mol. The molecule has 0 unspecified atom stereocenters. The van der Waals surface area contributed by atoms with E-state index < -0.39 is 0 Å². The van der Waals surface area contributed by atoms with E-state index in [2.05, 4.69) is 19.9 Å². The van der Waals surface area contributed by atoms with Gasteiger partial charge in [0.05, 0.1) is 0 Å². The van der Waals surface area contributed by atoms with Crippen LogP contribution in [0, 0.1) is 23.2 Å². The van der Waals surface area contributed by atoms with Crippen LogP contribution in [0.4, 0.5) is 0 Å². The van der Waals surface area contributed by atoms with Gasteiger partial charge >= 0.3 is 0 Å². The second kappa shape index (κ2) is 4.44. The van der Waals surface area contributed by atoms with Gasteiger partial charge in [-0.1, -0.05) is 31.9 Å². The van der Waals surface area contributed by atoms with Crippen molar-refractivity contribution in [2.24, 2.45) is 23.2 Å². The summed E-state index contributed by atoms with van der Waals surface area (Å²) in [5.74, 6) is 3.29. The summed E-state index contributed by atoms with van der Waals surface area (Å²) in [7, 11) is 0. The van der Waals surface area contributed by atoms with E-state index in [1.165, 1.54) is 19.3 Å². The van der Waals surface area contributed by atoms with Crippen LogP contribution in [0.5, 0.6) is 0 Å². The van der Waals surface area contributed by atoms with Crippen molar-refractivity contribution >= 4 is 0 Å². The minimum absolute atomic E-state index is 0.681. The lowest BCUT2D eigenvalue weighted by Gasteiger charge is -2.58. The maximum atomic E-state index is 2.59. The molecule has 0 atom stereocenters. The van der Waals surface area contributed by atoms with E-state index >= 15 is 0 Å². The monoisotopic (exact) mass is 232 g/mol. The zero-order valence-corrected chi connectivity index (χ0v) is 11.7. The molecule has 4 aliphatic rings. The molecule has 0 radical (unpaired) electrons. The number of rotatable bonds is 4. The lowest BCUT2D eigenvalue weighted by molar-refractivity contribution is -0.0323. The van der Waals surface area contributed by atoms with Crippen LogP contribution in [-0.2, 0) is 0 Å². The Morgan fingerprint density at radius 1 is 1.00 bits per heavy atom. The Morgan fingerprint density at radius 3 is 1.94 bits per heavy atom. The van der Waals surface area contributed by atoms with Gasteiger partial charge in [-0.3, -0.25) is 0 Å². The van der Waals surface area contributed by atoms with Gasteiger partial charge in [-0.25, -0.2) is 0 Å². The summed E-state index contributed by atoms with van der Waals surface area (Å²) in [4.78, 5) is 0. The molecule has 0 aromatic rings. The Hall–Kier alpha value is -0.260. The fourth-order valence-corrected chi connectivity index (χ4v) is 5.60. The van der Waals surface area contributed by atoms with Crippen molar-refractivity contribution in [3.63, 3.8) is 0 Å². The smallest absolute Gasteiger partial charge is 0.00802 e. The number of hydrogen-bond acceptors (Lipinski definition) is 0. The largest absolute Gasteiger partial charge is 0.0850 e. The Labute approximate surface area is 107 Å². The highest BCUT2D eigenvalue weighted by molar-refractivity contribution is 5.20. The number of allylic oxidation sites excluding steroid dienone is 2. The van der Waals surface area contributed by atoms with Gasteiger partial charge in [-0.15, -0.1) is 0 Å². The first-order valence-corrected chi connectivity index (χ1v) is 7.95. The average Bonchev–Trinajstić information content (AvgIpc) is 2.27. The van der Waals surface area contributed by atoms with Crippen LogP contribution in [0.3, 0.4) is 0 Å². The molecule has 0 N–H and O–H groups in total. The van der Waals surface area contributed by atoms with Crippen LogP contribution in [0.1, 0.15) is 71.6 Å². The van der Waals surface area contributed by atoms with Crippen LogP contribution in [-0.4, -0.2) is 0 Å². The molecule has 4 bridgehead atoms. The Kier molecular flexibility index (Phi) is 3.09. The molecule has 0 aromatic carbocycles. The topological polar surface area (TPSA) is 0 Å². The first-order valence-electron chi connectivity index (χ1n) is 7.95. The molecule has 0 aliphatic heterocycles. The molecule has 4 fully saturated rings. The van der Waals surface area contributed by atoms with E-state index in [9.17, 15) is 0 Å². The van der Waals surface area contributed by atoms with Gasteiger partial charge < -0.3 is 0 Å². The molecule has 4 rings (SSSR count). The molecule has 96 valence electrons. The molecule has 0 nitrogen and oxygen atoms in total. The van der Waals surface area contributed by atoms with E-state index in [-0.39, 0.29) is 0 Å². The molecule has 0 amide bonds. The van der Waals surface area contributed by atoms with Crippen molar-refractivity contribution in [2.45, 2.75) is 71.6 Å². The van der Waals surface area contributed by atoms with E-state index in [1.807, 2.05) is 5.57 Å². The standard InChI is InChI=1S/C17H28/c1-3-5-16(6-4-2)17-10-13-7-14(11-17)9-15(8-13)12-17/h5,13-15H,3-4,6-12H2,1-2H3. The van der Waals surface area contributed by atoms with Crippen LogP contribution in [0.15, 0.2) is 11.6 Å². The first kappa shape index (κ1) is 11.8. The SMILES string of the molecule is CCC=C(CCC)C12CC3CC(CC(C3)C1)C2. The summed E-state index contributed by atoms with van der Waals surface area (Å²) in [6.07, 6.45) is 15.9. The zero-order chi connectivity index (χ0) is 11.9. The Balaban J connectivity index is 1.87. The molecular formula is C17H28. The van der Waals surface area contributed by atoms with Gasteiger partial charge in [-0.05, 0) is 74.5 Å². The lowest BCUT2D eigenvalue weighted by atomic mass is 9.47. The van der Waals surface area contributed by atoms with E-state index in [0.29, 0.717) is 5.41 Å². The maximum Gasteiger partial charge on any atom is -0.00802 e. The van der Waals surface area contributed by atoms with Crippen molar-refractivity contribution in [3.8, 4) is 0 Å². The van der Waals surface area contributed by atoms with Crippen LogP contribution in [0.25, 0.3) is 0 Å². The van der Waals surface area contributed by atoms with Crippen LogP contribution in [0.2, 0.25) is 0 Å². The molecule has 0 heteroatoms. The van der Waals surface area contributed by atoms with E-state index in [0.717, 1.165) is 17.8 Å². The van der Waals surface area contributed by atoms with Crippen molar-refractivity contribution in [1.82, 2.24) is 0 Å². The highest BCUT2D eigenvalue weighted by Crippen LogP contribution is 2.63. The van der Waals surface area contributed by atoms with E-state index in [4.69, 9.17) is 0 Å². The molecule has 0 spiro atoms. The second-order valence-corrected chi connectivity index (χ2v) is 7.09. The quantitative estimate of drug-likeness (QED) is 0.574. The lowest BCUT2D eigenvalue weighted by Crippen LogP contribution is -2.46. The summed E-state index contributed by atoms with van der Waals surface area (Å²) in [6.45, 7) is 4.67. The summed E-state index contributed by atoms with van der Waals surface area (Å²) < 4.78 is 0. The van der Waals surface area contributed by atoms with Gasteiger partial charge in [0.1, 0.15) is 0 Å². The molecular weight excluding hydrogens is 204 g/mol. The van der Waals surface area contributed by atoms with Crippen LogP contribution >= 0.6 is 0 Å². The maximum absolute atomic E-state index is 2.59. The molecule has 4 aliphatic carbocycles. The van der Waals surface area contributed by atoms with Crippen LogP contribution < -0.4 is 0 Å². The highest BCUT2D eigenvalue weighted by Gasteiger charge is 2.51.